The van der Waals surface area contributed by atoms with Crippen LogP contribution in [-0.4, -0.2) is 41.3 Å². The number of hydrogen-bond acceptors (Lipinski definition) is 5. The maximum Gasteiger partial charge on any atom is 0.288 e. The summed E-state index contributed by atoms with van der Waals surface area (Å²) in [5.74, 6) is -1.78. The number of carbonyl (C=O) groups excluding carboxylic acids is 3. The van der Waals surface area contributed by atoms with Gasteiger partial charge < -0.3 is 16.0 Å². The molecule has 0 spiro atoms. The minimum Gasteiger partial charge on any atom is -0.354 e. The average molecular weight is 413 g/mol. The van der Waals surface area contributed by atoms with Gasteiger partial charge in [-0.05, 0) is 31.4 Å². The van der Waals surface area contributed by atoms with Crippen molar-refractivity contribution in [1.82, 2.24) is 16.0 Å². The first-order chi connectivity index (χ1) is 13.1. The second-order valence-corrected chi connectivity index (χ2v) is 7.05. The molecule has 0 unspecified atom stereocenters. The molecular weight excluding hydrogens is 388 g/mol. The molecule has 0 aliphatic rings. The highest BCUT2D eigenvalue weighted by Gasteiger charge is 2.28. The molecule has 28 heavy (non-hydrogen) atoms. The van der Waals surface area contributed by atoms with E-state index in [4.69, 9.17) is 11.6 Å². The summed E-state index contributed by atoms with van der Waals surface area (Å²) in [6.07, 6.45) is 0.768. The van der Waals surface area contributed by atoms with Gasteiger partial charge in [0, 0.05) is 18.2 Å². The molecule has 0 bridgehead atoms. The van der Waals surface area contributed by atoms with Crippen LogP contribution >= 0.6 is 11.6 Å². The van der Waals surface area contributed by atoms with E-state index in [-0.39, 0.29) is 22.4 Å². The van der Waals surface area contributed by atoms with Crippen molar-refractivity contribution < 1.29 is 19.3 Å². The predicted octanol–water partition coefficient (Wildman–Crippen LogP) is 2.03. The van der Waals surface area contributed by atoms with Gasteiger partial charge in [0.25, 0.3) is 11.6 Å². The second-order valence-electron chi connectivity index (χ2n) is 6.64. The number of rotatable bonds is 9. The summed E-state index contributed by atoms with van der Waals surface area (Å²) in [6.45, 7) is 7.42. The van der Waals surface area contributed by atoms with Gasteiger partial charge in [-0.1, -0.05) is 32.4 Å². The van der Waals surface area contributed by atoms with E-state index in [2.05, 4.69) is 16.0 Å². The van der Waals surface area contributed by atoms with Gasteiger partial charge in [-0.15, -0.1) is 0 Å². The molecule has 0 radical (unpaired) electrons. The van der Waals surface area contributed by atoms with Crippen LogP contribution in [0.5, 0.6) is 0 Å². The maximum atomic E-state index is 12.5. The first-order valence-electron chi connectivity index (χ1n) is 8.91. The van der Waals surface area contributed by atoms with Crippen molar-refractivity contribution in [2.24, 2.45) is 5.92 Å². The predicted molar refractivity (Wildman–Crippen MR) is 105 cm³/mol. The van der Waals surface area contributed by atoms with Gasteiger partial charge in [-0.25, -0.2) is 0 Å². The van der Waals surface area contributed by atoms with Crippen LogP contribution in [0, 0.1) is 16.0 Å². The van der Waals surface area contributed by atoms with Crippen LogP contribution < -0.4 is 16.0 Å². The number of nitro groups is 1. The molecule has 0 fully saturated rings. The van der Waals surface area contributed by atoms with Crippen LogP contribution in [0.1, 0.15) is 44.5 Å². The third kappa shape index (κ3) is 6.49. The Morgan fingerprint density at radius 1 is 1.14 bits per heavy atom. The van der Waals surface area contributed by atoms with Crippen LogP contribution in [0.25, 0.3) is 0 Å². The van der Waals surface area contributed by atoms with Crippen LogP contribution in [-0.2, 0) is 9.59 Å². The zero-order valence-electron chi connectivity index (χ0n) is 16.2. The average Bonchev–Trinajstić information content (AvgIpc) is 2.63. The van der Waals surface area contributed by atoms with E-state index >= 15 is 0 Å². The van der Waals surface area contributed by atoms with E-state index < -0.39 is 34.5 Å². The number of nitrogens with zero attached hydrogens (tertiary/aromatic N) is 1. The molecule has 0 aliphatic heterocycles. The van der Waals surface area contributed by atoms with Gasteiger partial charge in [0.2, 0.25) is 11.8 Å². The largest absolute Gasteiger partial charge is 0.354 e. The van der Waals surface area contributed by atoms with E-state index in [1.54, 1.807) is 20.8 Å². The fourth-order valence-electron chi connectivity index (χ4n) is 2.32. The summed E-state index contributed by atoms with van der Waals surface area (Å²) >= 11 is 5.75. The Hall–Kier alpha value is -2.68. The fourth-order valence-corrected chi connectivity index (χ4v) is 2.51. The number of nitrogens with one attached hydrogen (secondary N) is 3. The standard InChI is InChI=1S/C18H25ClN4O5/c1-5-8-20-16(24)11(4)21-18(26)15(10(2)3)22-17(25)12-6-7-13(19)14(9-12)23(27)28/h6-7,9-11,15H,5,8H2,1-4H3,(H,20,24)(H,21,26)(H,22,25)/t11-,15-/m0/s1. The molecule has 1 aromatic carbocycles. The summed E-state index contributed by atoms with van der Waals surface area (Å²) < 4.78 is 0. The minimum atomic E-state index is -0.927. The molecule has 154 valence electrons. The van der Waals surface area contributed by atoms with E-state index in [1.165, 1.54) is 12.1 Å². The lowest BCUT2D eigenvalue weighted by Crippen LogP contribution is -2.54. The zero-order valence-corrected chi connectivity index (χ0v) is 17.0. The van der Waals surface area contributed by atoms with Gasteiger partial charge in [0.1, 0.15) is 17.1 Å². The quantitative estimate of drug-likeness (QED) is 0.422. The Labute approximate surface area is 168 Å². The number of hydrogen-bond donors (Lipinski definition) is 3. The highest BCUT2D eigenvalue weighted by molar-refractivity contribution is 6.32. The molecule has 9 nitrogen and oxygen atoms in total. The Kier molecular flexibility index (Phi) is 8.84. The molecule has 3 N–H and O–H groups in total. The number of carbonyl (C=O) groups is 3. The van der Waals surface area contributed by atoms with Gasteiger partial charge in [0.05, 0.1) is 4.92 Å². The third-order valence-electron chi connectivity index (χ3n) is 3.94. The first kappa shape index (κ1) is 23.4. The highest BCUT2D eigenvalue weighted by atomic mass is 35.5. The number of amides is 3. The van der Waals surface area contributed by atoms with Gasteiger partial charge in [-0.3, -0.25) is 24.5 Å². The van der Waals surface area contributed by atoms with Crippen LogP contribution in [0.3, 0.4) is 0 Å². The molecule has 1 aromatic rings. The SMILES string of the molecule is CCCNC(=O)[C@H](C)NC(=O)[C@@H](NC(=O)c1ccc(Cl)c([N+](=O)[O-])c1)C(C)C. The van der Waals surface area contributed by atoms with Crippen molar-refractivity contribution in [3.05, 3.63) is 38.9 Å². The number of halogens is 1. The van der Waals surface area contributed by atoms with E-state index in [1.807, 2.05) is 6.92 Å². The molecule has 10 heteroatoms. The molecule has 0 saturated carbocycles. The summed E-state index contributed by atoms with van der Waals surface area (Å²) in [5, 5.41) is 18.7. The van der Waals surface area contributed by atoms with Crippen molar-refractivity contribution in [3.8, 4) is 0 Å². The zero-order chi connectivity index (χ0) is 21.4. The maximum absolute atomic E-state index is 12.5. The van der Waals surface area contributed by atoms with Crippen LogP contribution in [0.2, 0.25) is 5.02 Å². The minimum absolute atomic E-state index is 0.00304. The van der Waals surface area contributed by atoms with Crippen LogP contribution in [0.15, 0.2) is 18.2 Å². The molecular formula is C18H25ClN4O5. The monoisotopic (exact) mass is 412 g/mol. The van der Waals surface area contributed by atoms with Crippen molar-refractivity contribution in [1.29, 1.82) is 0 Å². The van der Waals surface area contributed by atoms with Gasteiger partial charge in [0.15, 0.2) is 0 Å². The van der Waals surface area contributed by atoms with Crippen LogP contribution in [0.4, 0.5) is 5.69 Å². The van der Waals surface area contributed by atoms with Gasteiger partial charge >= 0.3 is 0 Å². The summed E-state index contributed by atoms with van der Waals surface area (Å²) in [5.41, 5.74) is -0.399. The van der Waals surface area contributed by atoms with Crippen molar-refractivity contribution in [2.75, 3.05) is 6.54 Å². The fraction of sp³-hybridized carbons (Fsp3) is 0.500. The smallest absolute Gasteiger partial charge is 0.288 e. The van der Waals surface area contributed by atoms with Crippen molar-refractivity contribution in [2.45, 2.75) is 46.2 Å². The summed E-state index contributed by atoms with van der Waals surface area (Å²) in [4.78, 5) is 47.2. The Balaban J connectivity index is 2.88. The first-order valence-corrected chi connectivity index (χ1v) is 9.29. The van der Waals surface area contributed by atoms with E-state index in [0.717, 1.165) is 12.5 Å². The molecule has 1 rings (SSSR count). The molecule has 0 heterocycles. The van der Waals surface area contributed by atoms with E-state index in [9.17, 15) is 24.5 Å². The van der Waals surface area contributed by atoms with Gasteiger partial charge in [-0.2, -0.15) is 0 Å². The lowest BCUT2D eigenvalue weighted by atomic mass is 10.0. The topological polar surface area (TPSA) is 130 Å². The molecule has 0 aliphatic carbocycles. The molecule has 0 aromatic heterocycles. The Bertz CT molecular complexity index is 753. The van der Waals surface area contributed by atoms with Crippen molar-refractivity contribution >= 4 is 35.0 Å². The van der Waals surface area contributed by atoms with E-state index in [0.29, 0.717) is 6.54 Å². The Morgan fingerprint density at radius 3 is 2.32 bits per heavy atom. The Morgan fingerprint density at radius 2 is 1.79 bits per heavy atom. The molecule has 2 atom stereocenters. The number of nitro benzene ring substituents is 1. The van der Waals surface area contributed by atoms with Crippen molar-refractivity contribution in [3.63, 3.8) is 0 Å². The normalized spacial score (nSPS) is 12.8. The molecule has 0 saturated heterocycles. The lowest BCUT2D eigenvalue weighted by molar-refractivity contribution is -0.384. The summed E-state index contributed by atoms with van der Waals surface area (Å²) in [7, 11) is 0. The number of benzene rings is 1. The second kappa shape index (κ2) is 10.6. The highest BCUT2D eigenvalue weighted by Crippen LogP contribution is 2.25. The summed E-state index contributed by atoms with van der Waals surface area (Å²) in [6, 6.07) is 1.94. The third-order valence-corrected chi connectivity index (χ3v) is 4.26. The lowest BCUT2D eigenvalue weighted by Gasteiger charge is -2.23. The molecule has 3 amide bonds.